The highest BCUT2D eigenvalue weighted by atomic mass is 79.9. The number of carbonyl (C=O) groups is 1. The van der Waals surface area contributed by atoms with E-state index in [-0.39, 0.29) is 3.74 Å². The van der Waals surface area contributed by atoms with Crippen molar-refractivity contribution in [3.05, 3.63) is 28.0 Å². The van der Waals surface area contributed by atoms with Crippen molar-refractivity contribution in [3.63, 3.8) is 0 Å². The van der Waals surface area contributed by atoms with Crippen LogP contribution in [0.5, 0.6) is 0 Å². The average molecular weight is 388 g/mol. The molecule has 76 valence electrons. The van der Waals surface area contributed by atoms with E-state index in [0.717, 1.165) is 10.0 Å². The van der Waals surface area contributed by atoms with Crippen LogP contribution < -0.4 is 0 Å². The Hall–Kier alpha value is 0.0600. The van der Waals surface area contributed by atoms with Crippen LogP contribution in [0.15, 0.2) is 16.7 Å². The van der Waals surface area contributed by atoms with Crippen LogP contribution in [0.4, 0.5) is 0 Å². The minimum absolute atomic E-state index is 0.130. The fourth-order valence-electron chi connectivity index (χ4n) is 0.889. The second-order valence-corrected chi connectivity index (χ2v) is 6.36. The maximum absolute atomic E-state index is 11.3. The molecule has 0 aromatic carbocycles. The molecular formula is C8H6Br3NO2. The van der Waals surface area contributed by atoms with Crippen LogP contribution in [0.25, 0.3) is 0 Å². The monoisotopic (exact) mass is 385 g/mol. The number of nitrogens with zero attached hydrogens (tertiary/aromatic N) is 1. The van der Waals surface area contributed by atoms with Crippen molar-refractivity contribution in [2.75, 3.05) is 7.11 Å². The third-order valence-electron chi connectivity index (χ3n) is 1.50. The molecule has 1 aromatic rings. The van der Waals surface area contributed by atoms with Crippen molar-refractivity contribution in [1.82, 2.24) is 4.98 Å². The second kappa shape index (κ2) is 5.23. The molecule has 0 saturated heterocycles. The summed E-state index contributed by atoms with van der Waals surface area (Å²) in [6.45, 7) is 0. The summed E-state index contributed by atoms with van der Waals surface area (Å²) in [7, 11) is 1.33. The van der Waals surface area contributed by atoms with Crippen LogP contribution in [0.1, 0.15) is 19.8 Å². The molecular weight excluding hydrogens is 382 g/mol. The maximum atomic E-state index is 11.3. The summed E-state index contributed by atoms with van der Waals surface area (Å²) >= 11 is 9.91. The number of carbonyl (C=O) groups excluding carboxylic acids is 1. The van der Waals surface area contributed by atoms with Gasteiger partial charge in [-0.25, -0.2) is 9.78 Å². The lowest BCUT2D eigenvalue weighted by molar-refractivity contribution is 0.0593. The Labute approximate surface area is 107 Å². The number of rotatable bonds is 2. The van der Waals surface area contributed by atoms with Crippen LogP contribution in [0, 0.1) is 0 Å². The van der Waals surface area contributed by atoms with Crippen LogP contribution in [-0.4, -0.2) is 18.1 Å². The van der Waals surface area contributed by atoms with Crippen molar-refractivity contribution in [2.24, 2.45) is 0 Å². The van der Waals surface area contributed by atoms with Crippen LogP contribution >= 0.6 is 47.8 Å². The summed E-state index contributed by atoms with van der Waals surface area (Å²) < 4.78 is 5.29. The lowest BCUT2D eigenvalue weighted by Crippen LogP contribution is -2.08. The fraction of sp³-hybridized carbons (Fsp3) is 0.250. The molecule has 0 N–H and O–H groups in total. The first-order valence-corrected chi connectivity index (χ1v) is 6.20. The molecule has 0 spiro atoms. The number of esters is 1. The van der Waals surface area contributed by atoms with Gasteiger partial charge in [0.25, 0.3) is 0 Å². The highest BCUT2D eigenvalue weighted by Crippen LogP contribution is 2.32. The SMILES string of the molecule is COC(=O)c1ncc(Br)cc1C(Br)Br. The zero-order valence-corrected chi connectivity index (χ0v) is 11.9. The van der Waals surface area contributed by atoms with Crippen LogP contribution in [0.2, 0.25) is 0 Å². The zero-order valence-electron chi connectivity index (χ0n) is 7.13. The van der Waals surface area contributed by atoms with E-state index in [1.54, 1.807) is 12.3 Å². The second-order valence-electron chi connectivity index (χ2n) is 2.38. The van der Waals surface area contributed by atoms with Crippen molar-refractivity contribution in [2.45, 2.75) is 3.74 Å². The number of aromatic nitrogens is 1. The summed E-state index contributed by atoms with van der Waals surface area (Å²) in [6, 6.07) is 1.80. The molecule has 0 amide bonds. The molecule has 1 rings (SSSR count). The first-order valence-electron chi connectivity index (χ1n) is 3.58. The van der Waals surface area contributed by atoms with Gasteiger partial charge in [-0.05, 0) is 22.0 Å². The van der Waals surface area contributed by atoms with Gasteiger partial charge in [-0.2, -0.15) is 0 Å². The smallest absolute Gasteiger partial charge is 0.357 e. The van der Waals surface area contributed by atoms with E-state index in [2.05, 4.69) is 57.5 Å². The van der Waals surface area contributed by atoms with E-state index in [9.17, 15) is 4.79 Å². The van der Waals surface area contributed by atoms with Crippen molar-refractivity contribution < 1.29 is 9.53 Å². The molecule has 0 aliphatic heterocycles. The molecule has 14 heavy (non-hydrogen) atoms. The van der Waals surface area contributed by atoms with Gasteiger partial charge in [-0.1, -0.05) is 31.9 Å². The highest BCUT2D eigenvalue weighted by Gasteiger charge is 2.17. The van der Waals surface area contributed by atoms with E-state index < -0.39 is 5.97 Å². The Bertz CT molecular complexity index is 354. The summed E-state index contributed by atoms with van der Waals surface area (Å²) in [4.78, 5) is 15.3. The third kappa shape index (κ3) is 2.77. The minimum Gasteiger partial charge on any atom is -0.464 e. The maximum Gasteiger partial charge on any atom is 0.357 e. The topological polar surface area (TPSA) is 39.2 Å². The van der Waals surface area contributed by atoms with Gasteiger partial charge in [0.1, 0.15) is 0 Å². The molecule has 1 heterocycles. The number of halogens is 3. The summed E-state index contributed by atoms with van der Waals surface area (Å²) in [5.74, 6) is -0.448. The molecule has 1 aromatic heterocycles. The number of alkyl halides is 2. The highest BCUT2D eigenvalue weighted by molar-refractivity contribution is 9.24. The quantitative estimate of drug-likeness (QED) is 0.576. The number of hydrogen-bond acceptors (Lipinski definition) is 3. The van der Waals surface area contributed by atoms with Crippen molar-refractivity contribution in [3.8, 4) is 0 Å². The Morgan fingerprint density at radius 1 is 1.57 bits per heavy atom. The van der Waals surface area contributed by atoms with Crippen LogP contribution in [0.3, 0.4) is 0 Å². The summed E-state index contributed by atoms with van der Waals surface area (Å²) in [5.41, 5.74) is 1.03. The molecule has 6 heteroatoms. The van der Waals surface area contributed by atoms with E-state index in [1.807, 2.05) is 0 Å². The molecule has 0 bridgehead atoms. The van der Waals surface area contributed by atoms with Gasteiger partial charge < -0.3 is 4.74 Å². The normalized spacial score (nSPS) is 10.4. The number of methoxy groups -OCH3 is 1. The third-order valence-corrected chi connectivity index (χ3v) is 2.92. The van der Waals surface area contributed by atoms with Crippen molar-refractivity contribution in [1.29, 1.82) is 0 Å². The number of hydrogen-bond donors (Lipinski definition) is 0. The summed E-state index contributed by atoms with van der Waals surface area (Å²) in [6.07, 6.45) is 1.55. The summed E-state index contributed by atoms with van der Waals surface area (Å²) in [5, 5.41) is 0. The predicted molar refractivity (Wildman–Crippen MR) is 63.9 cm³/mol. The lowest BCUT2D eigenvalue weighted by atomic mass is 10.2. The zero-order chi connectivity index (χ0) is 10.7. The van der Waals surface area contributed by atoms with Gasteiger partial charge in [-0.3, -0.25) is 0 Å². The Kier molecular flexibility index (Phi) is 4.53. The van der Waals surface area contributed by atoms with Gasteiger partial charge in [-0.15, -0.1) is 0 Å². The molecule has 0 atom stereocenters. The standard InChI is InChI=1S/C8H6Br3NO2/c1-14-8(13)6-5(7(10)11)2-4(9)3-12-6/h2-3,7H,1H3. The number of ether oxygens (including phenoxy) is 1. The molecule has 0 aliphatic rings. The Balaban J connectivity index is 3.21. The van der Waals surface area contributed by atoms with Gasteiger partial charge >= 0.3 is 5.97 Å². The van der Waals surface area contributed by atoms with Crippen LogP contribution in [-0.2, 0) is 4.74 Å². The van der Waals surface area contributed by atoms with Gasteiger partial charge in [0.05, 0.1) is 10.8 Å². The molecule has 0 unspecified atom stereocenters. The van der Waals surface area contributed by atoms with Gasteiger partial charge in [0.15, 0.2) is 5.69 Å². The fourth-order valence-corrected chi connectivity index (χ4v) is 1.94. The van der Waals surface area contributed by atoms with E-state index in [4.69, 9.17) is 0 Å². The minimum atomic E-state index is -0.448. The first kappa shape index (κ1) is 12.1. The van der Waals surface area contributed by atoms with E-state index >= 15 is 0 Å². The average Bonchev–Trinajstić information content (AvgIpc) is 2.16. The molecule has 0 saturated carbocycles. The number of pyridine rings is 1. The molecule has 3 nitrogen and oxygen atoms in total. The van der Waals surface area contributed by atoms with E-state index in [1.165, 1.54) is 7.11 Å². The van der Waals surface area contributed by atoms with Gasteiger partial charge in [0.2, 0.25) is 0 Å². The molecule has 0 radical (unpaired) electrons. The molecule has 0 aliphatic carbocycles. The predicted octanol–water partition coefficient (Wildman–Crippen LogP) is 3.42. The Morgan fingerprint density at radius 2 is 2.21 bits per heavy atom. The molecule has 0 fully saturated rings. The van der Waals surface area contributed by atoms with Gasteiger partial charge in [0, 0.05) is 16.2 Å². The van der Waals surface area contributed by atoms with Crippen molar-refractivity contribution >= 4 is 53.8 Å². The lowest BCUT2D eigenvalue weighted by Gasteiger charge is -2.07. The Morgan fingerprint density at radius 3 is 2.71 bits per heavy atom. The van der Waals surface area contributed by atoms with E-state index in [0.29, 0.717) is 5.69 Å². The largest absolute Gasteiger partial charge is 0.464 e. The first-order chi connectivity index (χ1) is 6.56.